The average Bonchev–Trinajstić information content (AvgIpc) is 2.50. The number of unbranched alkanes of at least 4 members (excludes halogenated alkanes) is 2. The molecule has 0 fully saturated rings. The maximum atomic E-state index is 12.4. The summed E-state index contributed by atoms with van der Waals surface area (Å²) in [5, 5.41) is 0. The van der Waals surface area contributed by atoms with Crippen molar-refractivity contribution in [2.75, 3.05) is 18.0 Å². The molecule has 0 bridgehead atoms. The monoisotopic (exact) mass is 340 g/mol. The second-order valence-corrected chi connectivity index (χ2v) is 7.56. The fourth-order valence-electron chi connectivity index (χ4n) is 2.55. The fourth-order valence-corrected chi connectivity index (χ4v) is 3.64. The van der Waals surface area contributed by atoms with E-state index in [1.807, 2.05) is 6.92 Å². The molecule has 6 nitrogen and oxygen atoms in total. The molecule has 1 aromatic rings. The van der Waals surface area contributed by atoms with E-state index in [0.29, 0.717) is 24.5 Å². The zero-order chi connectivity index (χ0) is 17.0. The number of fused-ring (bicyclic) bond motifs is 1. The second kappa shape index (κ2) is 7.31. The number of sulfonamides is 1. The number of amides is 1. The molecule has 0 spiro atoms. The smallest absolute Gasteiger partial charge is 0.240 e. The van der Waals surface area contributed by atoms with Crippen molar-refractivity contribution < 1.29 is 17.9 Å². The molecule has 1 amide bonds. The average molecular weight is 340 g/mol. The molecule has 0 aromatic heterocycles. The first-order chi connectivity index (χ1) is 10.8. The summed E-state index contributed by atoms with van der Waals surface area (Å²) in [6.07, 6.45) is 2.70. The van der Waals surface area contributed by atoms with Crippen molar-refractivity contribution in [3.8, 4) is 5.75 Å². The lowest BCUT2D eigenvalue weighted by atomic mass is 10.2. The summed E-state index contributed by atoms with van der Waals surface area (Å²) in [4.78, 5) is 13.5. The van der Waals surface area contributed by atoms with Gasteiger partial charge in [-0.05, 0) is 31.5 Å². The predicted octanol–water partition coefficient (Wildman–Crippen LogP) is 2.29. The van der Waals surface area contributed by atoms with Crippen molar-refractivity contribution in [2.24, 2.45) is 0 Å². The zero-order valence-electron chi connectivity index (χ0n) is 13.8. The molecule has 1 aliphatic heterocycles. The molecular weight excluding hydrogens is 316 g/mol. The molecule has 0 aliphatic carbocycles. The van der Waals surface area contributed by atoms with Gasteiger partial charge in [-0.3, -0.25) is 4.79 Å². The van der Waals surface area contributed by atoms with Crippen molar-refractivity contribution in [2.45, 2.75) is 51.0 Å². The summed E-state index contributed by atoms with van der Waals surface area (Å²) in [6, 6.07) is 4.63. The van der Waals surface area contributed by atoms with E-state index in [1.165, 1.54) is 19.1 Å². The third kappa shape index (κ3) is 4.23. The third-order valence-electron chi connectivity index (χ3n) is 3.75. The van der Waals surface area contributed by atoms with Crippen LogP contribution in [0.1, 0.15) is 40.0 Å². The van der Waals surface area contributed by atoms with Crippen molar-refractivity contribution in [1.82, 2.24) is 4.72 Å². The van der Waals surface area contributed by atoms with E-state index in [4.69, 9.17) is 4.74 Å². The molecule has 0 saturated heterocycles. The van der Waals surface area contributed by atoms with Crippen molar-refractivity contribution in [3.05, 3.63) is 18.2 Å². The van der Waals surface area contributed by atoms with Crippen LogP contribution in [-0.4, -0.2) is 33.5 Å². The maximum absolute atomic E-state index is 12.4. The summed E-state index contributed by atoms with van der Waals surface area (Å²) in [5.74, 6) is 0.399. The molecule has 1 aromatic carbocycles. The highest BCUT2D eigenvalue weighted by atomic mass is 32.2. The van der Waals surface area contributed by atoms with Gasteiger partial charge in [-0.2, -0.15) is 0 Å². The summed E-state index contributed by atoms with van der Waals surface area (Å²) >= 11 is 0. The van der Waals surface area contributed by atoms with Crippen LogP contribution in [-0.2, 0) is 14.8 Å². The lowest BCUT2D eigenvalue weighted by molar-refractivity contribution is -0.117. The SMILES string of the molecule is CCCCCNS(=O)(=O)c1ccc2c(c1)N(C(C)=O)CC(C)O2. The standard InChI is InChI=1S/C16H24N2O4S/c1-4-5-6-9-17-23(20,21)14-7-8-16-15(10-14)18(13(3)19)11-12(2)22-16/h7-8,10,12,17H,4-6,9,11H2,1-3H3. The molecule has 23 heavy (non-hydrogen) atoms. The quantitative estimate of drug-likeness (QED) is 0.806. The zero-order valence-corrected chi connectivity index (χ0v) is 14.6. The number of hydrogen-bond acceptors (Lipinski definition) is 4. The van der Waals surface area contributed by atoms with Crippen LogP contribution in [0.2, 0.25) is 0 Å². The molecule has 1 atom stereocenters. The van der Waals surface area contributed by atoms with Gasteiger partial charge in [0.25, 0.3) is 0 Å². The van der Waals surface area contributed by atoms with Gasteiger partial charge in [-0.15, -0.1) is 0 Å². The Morgan fingerprint density at radius 3 is 2.78 bits per heavy atom. The van der Waals surface area contributed by atoms with Crippen molar-refractivity contribution in [3.63, 3.8) is 0 Å². The van der Waals surface area contributed by atoms with Crippen molar-refractivity contribution in [1.29, 1.82) is 0 Å². The summed E-state index contributed by atoms with van der Waals surface area (Å²) in [6.45, 7) is 6.23. The largest absolute Gasteiger partial charge is 0.487 e. The minimum absolute atomic E-state index is 0.124. The molecule has 1 unspecified atom stereocenters. The van der Waals surface area contributed by atoms with Gasteiger partial charge in [0.2, 0.25) is 15.9 Å². The molecule has 2 rings (SSSR count). The van der Waals surface area contributed by atoms with E-state index in [2.05, 4.69) is 11.6 Å². The van der Waals surface area contributed by atoms with Gasteiger partial charge in [0.05, 0.1) is 17.1 Å². The van der Waals surface area contributed by atoms with Crippen LogP contribution in [0.4, 0.5) is 5.69 Å². The Morgan fingerprint density at radius 2 is 2.13 bits per heavy atom. The highest BCUT2D eigenvalue weighted by Gasteiger charge is 2.27. The first-order valence-corrected chi connectivity index (χ1v) is 9.42. The van der Waals surface area contributed by atoms with E-state index in [1.54, 1.807) is 11.0 Å². The molecule has 1 heterocycles. The Labute approximate surface area is 137 Å². The molecule has 7 heteroatoms. The second-order valence-electron chi connectivity index (χ2n) is 5.79. The van der Waals surface area contributed by atoms with Gasteiger partial charge in [0, 0.05) is 13.5 Å². The Balaban J connectivity index is 2.25. The van der Waals surface area contributed by atoms with E-state index < -0.39 is 10.0 Å². The molecular formula is C16H24N2O4S. The lowest BCUT2D eigenvalue weighted by Crippen LogP contribution is -2.41. The third-order valence-corrected chi connectivity index (χ3v) is 5.21. The van der Waals surface area contributed by atoms with E-state index in [9.17, 15) is 13.2 Å². The van der Waals surface area contributed by atoms with Gasteiger partial charge in [-0.1, -0.05) is 19.8 Å². The van der Waals surface area contributed by atoms with Gasteiger partial charge in [0.1, 0.15) is 11.9 Å². The number of hydrogen-bond donors (Lipinski definition) is 1. The van der Waals surface area contributed by atoms with Gasteiger partial charge >= 0.3 is 0 Å². The van der Waals surface area contributed by atoms with Crippen LogP contribution in [0.3, 0.4) is 0 Å². The van der Waals surface area contributed by atoms with Gasteiger partial charge < -0.3 is 9.64 Å². The van der Waals surface area contributed by atoms with Crippen LogP contribution in [0.15, 0.2) is 23.1 Å². The number of rotatable bonds is 6. The first-order valence-electron chi connectivity index (χ1n) is 7.93. The molecule has 0 saturated carbocycles. The molecule has 1 N–H and O–H groups in total. The number of carbonyl (C=O) groups excluding carboxylic acids is 1. The number of carbonyl (C=O) groups is 1. The van der Waals surface area contributed by atoms with Crippen LogP contribution >= 0.6 is 0 Å². The van der Waals surface area contributed by atoms with Gasteiger partial charge in [0.15, 0.2) is 0 Å². The minimum Gasteiger partial charge on any atom is -0.487 e. The summed E-state index contributed by atoms with van der Waals surface area (Å²) < 4.78 is 33.0. The molecule has 128 valence electrons. The van der Waals surface area contributed by atoms with Gasteiger partial charge in [-0.25, -0.2) is 13.1 Å². The first kappa shape index (κ1) is 17.7. The lowest BCUT2D eigenvalue weighted by Gasteiger charge is -2.33. The molecule has 1 aliphatic rings. The fraction of sp³-hybridized carbons (Fsp3) is 0.562. The van der Waals surface area contributed by atoms with Crippen LogP contribution in [0.25, 0.3) is 0 Å². The maximum Gasteiger partial charge on any atom is 0.240 e. The summed E-state index contributed by atoms with van der Waals surface area (Å²) in [5.41, 5.74) is 0.507. The number of nitrogens with zero attached hydrogens (tertiary/aromatic N) is 1. The topological polar surface area (TPSA) is 75.7 Å². The summed E-state index contributed by atoms with van der Waals surface area (Å²) in [7, 11) is -3.58. The Bertz CT molecular complexity index is 673. The number of anilines is 1. The van der Waals surface area contributed by atoms with E-state index in [-0.39, 0.29) is 16.9 Å². The predicted molar refractivity (Wildman–Crippen MR) is 89.3 cm³/mol. The van der Waals surface area contributed by atoms with E-state index in [0.717, 1.165) is 19.3 Å². The number of ether oxygens (including phenoxy) is 1. The Hall–Kier alpha value is -1.60. The number of nitrogens with one attached hydrogen (secondary N) is 1. The Morgan fingerprint density at radius 1 is 1.39 bits per heavy atom. The molecule has 0 radical (unpaired) electrons. The number of benzene rings is 1. The Kier molecular flexibility index (Phi) is 5.64. The highest BCUT2D eigenvalue weighted by molar-refractivity contribution is 7.89. The normalized spacial score (nSPS) is 17.5. The van der Waals surface area contributed by atoms with Crippen molar-refractivity contribution >= 4 is 21.6 Å². The van der Waals surface area contributed by atoms with Crippen LogP contribution in [0.5, 0.6) is 5.75 Å². The highest BCUT2D eigenvalue weighted by Crippen LogP contribution is 2.35. The van der Waals surface area contributed by atoms with Crippen LogP contribution < -0.4 is 14.4 Å². The minimum atomic E-state index is -3.58. The van der Waals surface area contributed by atoms with Crippen LogP contribution in [0, 0.1) is 0 Å². The van der Waals surface area contributed by atoms with E-state index >= 15 is 0 Å².